The molecule has 0 aliphatic carbocycles. The maximum atomic E-state index is 9.92. The number of aliphatic hydroxyl groups excluding tert-OH is 1. The molecule has 16 heavy (non-hydrogen) atoms. The molecular weight excluding hydrogens is 202 g/mol. The molecule has 0 fully saturated rings. The Morgan fingerprint density at radius 1 is 1.12 bits per heavy atom. The van der Waals surface area contributed by atoms with Crippen molar-refractivity contribution in [2.45, 2.75) is 18.6 Å². The van der Waals surface area contributed by atoms with Gasteiger partial charge in [0.05, 0.1) is 6.26 Å². The fourth-order valence-electron chi connectivity index (χ4n) is 1.67. The number of hydrogen-bond donors (Lipinski definition) is 2. The van der Waals surface area contributed by atoms with Gasteiger partial charge in [-0.2, -0.15) is 0 Å². The molecule has 3 nitrogen and oxygen atoms in total. The standard InChI is InChI=1S/C13H15NO2/c14-11(9-10-5-2-1-3-6-10)13(15)12-7-4-8-16-12/h1-8,11,13,15H,9,14H2. The van der Waals surface area contributed by atoms with E-state index in [2.05, 4.69) is 0 Å². The zero-order chi connectivity index (χ0) is 11.4. The normalized spacial score (nSPS) is 14.6. The van der Waals surface area contributed by atoms with Gasteiger partial charge in [0.2, 0.25) is 0 Å². The zero-order valence-electron chi connectivity index (χ0n) is 8.91. The quantitative estimate of drug-likeness (QED) is 0.822. The third-order valence-corrected chi connectivity index (χ3v) is 2.55. The molecule has 0 bridgehead atoms. The van der Waals surface area contributed by atoms with Crippen molar-refractivity contribution in [3.05, 3.63) is 60.1 Å². The molecule has 0 radical (unpaired) electrons. The van der Waals surface area contributed by atoms with Gasteiger partial charge in [0.1, 0.15) is 11.9 Å². The lowest BCUT2D eigenvalue weighted by atomic mass is 10.0. The van der Waals surface area contributed by atoms with Crippen molar-refractivity contribution in [1.82, 2.24) is 0 Å². The highest BCUT2D eigenvalue weighted by Gasteiger charge is 2.19. The lowest BCUT2D eigenvalue weighted by Crippen LogP contribution is -2.30. The third kappa shape index (κ3) is 2.51. The molecule has 0 aliphatic rings. The number of furan rings is 1. The average molecular weight is 217 g/mol. The smallest absolute Gasteiger partial charge is 0.133 e. The SMILES string of the molecule is NC(Cc1ccccc1)C(O)c1ccco1. The molecule has 2 unspecified atom stereocenters. The van der Waals surface area contributed by atoms with Gasteiger partial charge >= 0.3 is 0 Å². The van der Waals surface area contributed by atoms with Gasteiger partial charge in [0.15, 0.2) is 0 Å². The summed E-state index contributed by atoms with van der Waals surface area (Å²) < 4.78 is 5.12. The van der Waals surface area contributed by atoms with Crippen molar-refractivity contribution in [2.75, 3.05) is 0 Å². The largest absolute Gasteiger partial charge is 0.467 e. The van der Waals surface area contributed by atoms with Crippen LogP contribution in [-0.2, 0) is 6.42 Å². The Morgan fingerprint density at radius 2 is 1.88 bits per heavy atom. The molecule has 0 saturated heterocycles. The van der Waals surface area contributed by atoms with Gasteiger partial charge < -0.3 is 15.3 Å². The topological polar surface area (TPSA) is 59.4 Å². The molecule has 0 amide bonds. The van der Waals surface area contributed by atoms with E-state index in [0.29, 0.717) is 12.2 Å². The summed E-state index contributed by atoms with van der Waals surface area (Å²) in [6.07, 6.45) is 1.41. The second-order valence-corrected chi connectivity index (χ2v) is 3.81. The van der Waals surface area contributed by atoms with E-state index < -0.39 is 6.10 Å². The van der Waals surface area contributed by atoms with Crippen molar-refractivity contribution in [2.24, 2.45) is 5.73 Å². The first-order chi connectivity index (χ1) is 7.77. The first-order valence-corrected chi connectivity index (χ1v) is 5.28. The van der Waals surface area contributed by atoms with E-state index >= 15 is 0 Å². The summed E-state index contributed by atoms with van der Waals surface area (Å²) in [4.78, 5) is 0. The van der Waals surface area contributed by atoms with Crippen LogP contribution in [-0.4, -0.2) is 11.1 Å². The Bertz CT molecular complexity index is 411. The summed E-state index contributed by atoms with van der Waals surface area (Å²) >= 11 is 0. The Hall–Kier alpha value is -1.58. The summed E-state index contributed by atoms with van der Waals surface area (Å²) in [7, 11) is 0. The highest BCUT2D eigenvalue weighted by Crippen LogP contribution is 2.18. The first kappa shape index (κ1) is 10.9. The van der Waals surface area contributed by atoms with Crippen LogP contribution in [0.2, 0.25) is 0 Å². The van der Waals surface area contributed by atoms with Crippen LogP contribution < -0.4 is 5.73 Å². The zero-order valence-corrected chi connectivity index (χ0v) is 8.91. The lowest BCUT2D eigenvalue weighted by molar-refractivity contribution is 0.121. The van der Waals surface area contributed by atoms with E-state index in [4.69, 9.17) is 10.2 Å². The Labute approximate surface area is 94.5 Å². The number of aliphatic hydroxyl groups is 1. The van der Waals surface area contributed by atoms with E-state index in [1.807, 2.05) is 30.3 Å². The Morgan fingerprint density at radius 3 is 2.50 bits per heavy atom. The Balaban J connectivity index is 2.01. The van der Waals surface area contributed by atoms with Crippen LogP contribution in [0.25, 0.3) is 0 Å². The van der Waals surface area contributed by atoms with Gasteiger partial charge in [0, 0.05) is 6.04 Å². The summed E-state index contributed by atoms with van der Waals surface area (Å²) in [6.45, 7) is 0. The molecule has 0 aliphatic heterocycles. The van der Waals surface area contributed by atoms with Crippen LogP contribution >= 0.6 is 0 Å². The van der Waals surface area contributed by atoms with Gasteiger partial charge in [0.25, 0.3) is 0 Å². The average Bonchev–Trinajstić information content (AvgIpc) is 2.83. The molecule has 2 atom stereocenters. The molecule has 1 aromatic carbocycles. The lowest BCUT2D eigenvalue weighted by Gasteiger charge is -2.16. The summed E-state index contributed by atoms with van der Waals surface area (Å²) in [5.41, 5.74) is 7.04. The molecule has 3 N–H and O–H groups in total. The van der Waals surface area contributed by atoms with Crippen molar-refractivity contribution in [3.8, 4) is 0 Å². The predicted molar refractivity (Wildman–Crippen MR) is 61.8 cm³/mol. The van der Waals surface area contributed by atoms with Gasteiger partial charge in [-0.25, -0.2) is 0 Å². The molecule has 0 saturated carbocycles. The fraction of sp³-hybridized carbons (Fsp3) is 0.231. The number of nitrogens with two attached hydrogens (primary N) is 1. The minimum Gasteiger partial charge on any atom is -0.467 e. The third-order valence-electron chi connectivity index (χ3n) is 2.55. The van der Waals surface area contributed by atoms with E-state index in [9.17, 15) is 5.11 Å². The first-order valence-electron chi connectivity index (χ1n) is 5.28. The van der Waals surface area contributed by atoms with Gasteiger partial charge in [-0.1, -0.05) is 30.3 Å². The number of hydrogen-bond acceptors (Lipinski definition) is 3. The van der Waals surface area contributed by atoms with E-state index in [0.717, 1.165) is 5.56 Å². The molecule has 84 valence electrons. The number of benzene rings is 1. The van der Waals surface area contributed by atoms with Crippen LogP contribution in [0.5, 0.6) is 0 Å². The Kier molecular flexibility index (Phi) is 3.39. The monoisotopic (exact) mass is 217 g/mol. The van der Waals surface area contributed by atoms with Crippen molar-refractivity contribution >= 4 is 0 Å². The second kappa shape index (κ2) is 4.96. The second-order valence-electron chi connectivity index (χ2n) is 3.81. The maximum Gasteiger partial charge on any atom is 0.133 e. The van der Waals surface area contributed by atoms with Crippen molar-refractivity contribution < 1.29 is 9.52 Å². The minimum atomic E-state index is -0.754. The van der Waals surface area contributed by atoms with Crippen LogP contribution in [0.4, 0.5) is 0 Å². The molecular formula is C13H15NO2. The maximum absolute atomic E-state index is 9.92. The molecule has 3 heteroatoms. The summed E-state index contributed by atoms with van der Waals surface area (Å²) in [5, 5.41) is 9.92. The molecule has 0 spiro atoms. The van der Waals surface area contributed by atoms with E-state index in [1.54, 1.807) is 12.1 Å². The van der Waals surface area contributed by atoms with Crippen molar-refractivity contribution in [3.63, 3.8) is 0 Å². The minimum absolute atomic E-state index is 0.353. The van der Waals surface area contributed by atoms with Gasteiger partial charge in [-0.05, 0) is 24.1 Å². The van der Waals surface area contributed by atoms with Crippen LogP contribution in [0.1, 0.15) is 17.4 Å². The molecule has 2 aromatic rings. The predicted octanol–water partition coefficient (Wildman–Crippen LogP) is 1.88. The number of rotatable bonds is 4. The van der Waals surface area contributed by atoms with Crippen LogP contribution in [0.3, 0.4) is 0 Å². The highest BCUT2D eigenvalue weighted by molar-refractivity contribution is 5.17. The van der Waals surface area contributed by atoms with Crippen LogP contribution in [0.15, 0.2) is 53.1 Å². The van der Waals surface area contributed by atoms with E-state index in [-0.39, 0.29) is 6.04 Å². The molecule has 1 heterocycles. The molecule has 2 rings (SSSR count). The van der Waals surface area contributed by atoms with Crippen molar-refractivity contribution in [1.29, 1.82) is 0 Å². The fourth-order valence-corrected chi connectivity index (χ4v) is 1.67. The van der Waals surface area contributed by atoms with Crippen LogP contribution in [0, 0.1) is 0 Å². The summed E-state index contributed by atoms with van der Waals surface area (Å²) in [6, 6.07) is 13.0. The van der Waals surface area contributed by atoms with Gasteiger partial charge in [-0.15, -0.1) is 0 Å². The molecule has 1 aromatic heterocycles. The van der Waals surface area contributed by atoms with Gasteiger partial charge in [-0.3, -0.25) is 0 Å². The van der Waals surface area contributed by atoms with E-state index in [1.165, 1.54) is 6.26 Å². The highest BCUT2D eigenvalue weighted by atomic mass is 16.4. The summed E-state index contributed by atoms with van der Waals surface area (Å²) in [5.74, 6) is 0.517.